The van der Waals surface area contributed by atoms with Gasteiger partial charge in [-0.25, -0.2) is 4.79 Å². The summed E-state index contributed by atoms with van der Waals surface area (Å²) in [6.45, 7) is 1.44. The zero-order chi connectivity index (χ0) is 60.5. The molecule has 0 radical (unpaired) electrons. The number of nitrogens with one attached hydrogen (secondary N) is 3. The molecule has 0 saturated carbocycles. The molecule has 8 rings (SSSR count). The Labute approximate surface area is 498 Å². The normalized spacial score (nSPS) is 10.8. The summed E-state index contributed by atoms with van der Waals surface area (Å²) in [4.78, 5) is 53.0. The van der Waals surface area contributed by atoms with Gasteiger partial charge in [-0.2, -0.15) is 0 Å². The molecule has 18 heteroatoms. The second-order valence-electron chi connectivity index (χ2n) is 19.9. The second kappa shape index (κ2) is 32.4. The van der Waals surface area contributed by atoms with Gasteiger partial charge in [-0.1, -0.05) is 109 Å². The fourth-order valence-electron chi connectivity index (χ4n) is 8.53. The molecule has 0 bridgehead atoms. The van der Waals surface area contributed by atoms with Crippen molar-refractivity contribution in [2.75, 3.05) is 33.4 Å². The molecule has 0 aliphatic heterocycles. The summed E-state index contributed by atoms with van der Waals surface area (Å²) >= 11 is 0. The van der Waals surface area contributed by atoms with Crippen LogP contribution in [0.4, 0.5) is 0 Å². The van der Waals surface area contributed by atoms with Gasteiger partial charge < -0.3 is 69.5 Å². The van der Waals surface area contributed by atoms with Gasteiger partial charge in [-0.3, -0.25) is 14.4 Å². The Balaban J connectivity index is 0.887. The second-order valence-corrected chi connectivity index (χ2v) is 19.9. The summed E-state index contributed by atoms with van der Waals surface area (Å²) in [5.74, 6) is 0.672. The Morgan fingerprint density at radius 1 is 0.326 bits per heavy atom. The lowest BCUT2D eigenvalue weighted by molar-refractivity contribution is 0.0600. The van der Waals surface area contributed by atoms with Crippen LogP contribution >= 0.6 is 0 Å². The van der Waals surface area contributed by atoms with Gasteiger partial charge in [-0.05, 0) is 111 Å². The molecule has 86 heavy (non-hydrogen) atoms. The summed E-state index contributed by atoms with van der Waals surface area (Å²) in [6, 6.07) is 50.8. The van der Waals surface area contributed by atoms with Gasteiger partial charge in [0.15, 0.2) is 0 Å². The number of aliphatic hydroxyl groups is 4. The van der Waals surface area contributed by atoms with E-state index < -0.39 is 11.9 Å². The first kappa shape index (κ1) is 62.3. The summed E-state index contributed by atoms with van der Waals surface area (Å²) in [7, 11) is 1.30. The lowest BCUT2D eigenvalue weighted by Gasteiger charge is -2.14. The van der Waals surface area contributed by atoms with Crippen LogP contribution in [0.15, 0.2) is 176 Å². The van der Waals surface area contributed by atoms with Gasteiger partial charge in [0.1, 0.15) is 60.9 Å². The van der Waals surface area contributed by atoms with Gasteiger partial charge in [0.25, 0.3) is 17.7 Å². The fraction of sp³-hybridized carbons (Fsp3) is 0.235. The Morgan fingerprint density at radius 3 is 0.884 bits per heavy atom. The molecule has 18 nitrogen and oxygen atoms in total. The molecule has 3 amide bonds. The van der Waals surface area contributed by atoms with E-state index in [-0.39, 0.29) is 103 Å². The summed E-state index contributed by atoms with van der Waals surface area (Å²) < 4.78 is 41.6. The maximum absolute atomic E-state index is 13.7. The quantitative estimate of drug-likeness (QED) is 0.0153. The smallest absolute Gasteiger partial charge is 0.337 e. The number of benzene rings is 8. The number of methoxy groups -OCH3 is 1. The zero-order valence-electron chi connectivity index (χ0n) is 47.6. The number of carbonyl (C=O) groups excluding carboxylic acids is 4. The van der Waals surface area contributed by atoms with E-state index in [1.807, 2.05) is 97.1 Å². The van der Waals surface area contributed by atoms with Crippen molar-refractivity contribution < 1.29 is 72.8 Å². The highest BCUT2D eigenvalue weighted by molar-refractivity contribution is 5.96. The summed E-state index contributed by atoms with van der Waals surface area (Å²) in [6.07, 6.45) is 0.766. The molecule has 0 fully saturated rings. The number of rotatable bonds is 32. The average Bonchev–Trinajstić information content (AvgIpc) is 3.55. The number of hydrogen-bond donors (Lipinski definition) is 7. The molecular formula is C68H69N3O15. The maximum Gasteiger partial charge on any atom is 0.337 e. The molecule has 446 valence electrons. The minimum Gasteiger partial charge on any atom is -0.493 e. The molecule has 0 aliphatic rings. The SMILES string of the molecule is COC(=O)c1ccc(CNC(=O)c2cc(OCCCNC(=O)c3cc(OCc4ccc(CO)cc4)cc(OCc4ccc(CO)cc4)c3)cc(OCCCNC(=O)c3cc(OCc4ccc(CO)cc4)cc(OCc4ccc(CO)cc4)c3)c2)cc1. The van der Waals surface area contributed by atoms with Crippen LogP contribution in [-0.4, -0.2) is 77.5 Å². The van der Waals surface area contributed by atoms with Crippen molar-refractivity contribution >= 4 is 23.7 Å². The molecular weight excluding hydrogens is 1100 g/mol. The number of carbonyl (C=O) groups is 4. The number of esters is 1. The first-order valence-corrected chi connectivity index (χ1v) is 27.9. The largest absolute Gasteiger partial charge is 0.493 e. The monoisotopic (exact) mass is 1170 g/mol. The fourth-order valence-corrected chi connectivity index (χ4v) is 8.53. The van der Waals surface area contributed by atoms with Crippen molar-refractivity contribution in [3.63, 3.8) is 0 Å². The summed E-state index contributed by atoms with van der Waals surface area (Å²) in [5.41, 5.74) is 8.54. The number of aliphatic hydroxyl groups excluding tert-OH is 4. The number of ether oxygens (including phenoxy) is 7. The van der Waals surface area contributed by atoms with Crippen molar-refractivity contribution in [2.45, 2.75) is 72.2 Å². The van der Waals surface area contributed by atoms with E-state index in [0.29, 0.717) is 64.0 Å². The van der Waals surface area contributed by atoms with Crippen molar-refractivity contribution in [1.82, 2.24) is 16.0 Å². The summed E-state index contributed by atoms with van der Waals surface area (Å²) in [5, 5.41) is 46.7. The molecule has 0 atom stereocenters. The lowest BCUT2D eigenvalue weighted by atomic mass is 10.1. The van der Waals surface area contributed by atoms with E-state index in [2.05, 4.69) is 16.0 Å². The third-order valence-corrected chi connectivity index (χ3v) is 13.4. The first-order chi connectivity index (χ1) is 41.9. The van der Waals surface area contributed by atoms with Crippen molar-refractivity contribution in [1.29, 1.82) is 0 Å². The molecule has 8 aromatic rings. The number of hydrogen-bond acceptors (Lipinski definition) is 15. The van der Waals surface area contributed by atoms with E-state index in [0.717, 1.165) is 50.1 Å². The van der Waals surface area contributed by atoms with E-state index in [4.69, 9.17) is 33.2 Å². The van der Waals surface area contributed by atoms with Crippen LogP contribution in [0, 0.1) is 0 Å². The van der Waals surface area contributed by atoms with Crippen LogP contribution in [0.25, 0.3) is 0 Å². The lowest BCUT2D eigenvalue weighted by Crippen LogP contribution is -2.26. The molecule has 0 heterocycles. The van der Waals surface area contributed by atoms with Crippen LogP contribution in [0.5, 0.6) is 34.5 Å². The van der Waals surface area contributed by atoms with E-state index in [1.54, 1.807) is 78.9 Å². The van der Waals surface area contributed by atoms with Crippen LogP contribution in [0.2, 0.25) is 0 Å². The van der Waals surface area contributed by atoms with Gasteiger partial charge in [0, 0.05) is 54.5 Å². The van der Waals surface area contributed by atoms with Gasteiger partial charge >= 0.3 is 5.97 Å². The highest BCUT2D eigenvalue weighted by Gasteiger charge is 2.16. The Morgan fingerprint density at radius 2 is 0.593 bits per heavy atom. The van der Waals surface area contributed by atoms with Crippen LogP contribution < -0.4 is 44.4 Å². The van der Waals surface area contributed by atoms with E-state index in [1.165, 1.54) is 7.11 Å². The van der Waals surface area contributed by atoms with Crippen LogP contribution in [-0.2, 0) is 64.1 Å². The molecule has 0 saturated heterocycles. The van der Waals surface area contributed by atoms with Gasteiger partial charge in [0.2, 0.25) is 0 Å². The molecule has 0 aromatic heterocycles. The van der Waals surface area contributed by atoms with E-state index >= 15 is 0 Å². The van der Waals surface area contributed by atoms with Crippen molar-refractivity contribution in [2.24, 2.45) is 0 Å². The molecule has 7 N–H and O–H groups in total. The predicted molar refractivity (Wildman–Crippen MR) is 320 cm³/mol. The number of amides is 3. The highest BCUT2D eigenvalue weighted by atomic mass is 16.5. The third-order valence-electron chi connectivity index (χ3n) is 13.4. The third kappa shape index (κ3) is 19.4. The average molecular weight is 1170 g/mol. The minimum atomic E-state index is -0.475. The van der Waals surface area contributed by atoms with Gasteiger partial charge in [-0.15, -0.1) is 0 Å². The molecule has 8 aromatic carbocycles. The maximum atomic E-state index is 13.7. The zero-order valence-corrected chi connectivity index (χ0v) is 47.6. The van der Waals surface area contributed by atoms with E-state index in [9.17, 15) is 39.6 Å². The Bertz CT molecular complexity index is 3150. The first-order valence-electron chi connectivity index (χ1n) is 27.9. The highest BCUT2D eigenvalue weighted by Crippen LogP contribution is 2.28. The van der Waals surface area contributed by atoms with Crippen LogP contribution in [0.1, 0.15) is 104 Å². The van der Waals surface area contributed by atoms with Gasteiger partial charge in [0.05, 0.1) is 52.3 Å². The van der Waals surface area contributed by atoms with Crippen molar-refractivity contribution in [3.8, 4) is 34.5 Å². The van der Waals surface area contributed by atoms with Crippen molar-refractivity contribution in [3.05, 3.63) is 248 Å². The molecule has 0 spiro atoms. The Hall–Kier alpha value is -9.72. The molecule has 0 aliphatic carbocycles. The molecule has 0 unspecified atom stereocenters. The predicted octanol–water partition coefficient (Wildman–Crippen LogP) is 9.09. The Kier molecular flexibility index (Phi) is 23.5. The minimum absolute atomic E-state index is 0.0753. The topological polar surface area (TPSA) is 250 Å². The van der Waals surface area contributed by atoms with Crippen LogP contribution in [0.3, 0.4) is 0 Å². The standard InChI is InChI=1S/C68H69N3O15/c1-80-68(79)55-22-20-46(21-23-55)37-71-67(78)58-28-59(81-26-2-24-69-65(76)56-30-61(83-42-51-12-4-47(38-72)5-13-51)35-62(31-56)84-43-52-14-6-48(39-73)7-15-52)34-60(29-58)82-27-3-25-70-66(77)57-32-63(85-44-53-16-8-49(40-74)9-17-53)36-64(33-57)86-45-54-18-10-50(41-75)11-19-54/h4-23,28-36,72-75H,2-3,24-27,37-45H2,1H3,(H,69,76)(H,70,77)(H,71,78).